The maximum atomic E-state index is 13.6. The van der Waals surface area contributed by atoms with Crippen molar-refractivity contribution in [2.75, 3.05) is 32.7 Å². The molecule has 0 spiro atoms. The van der Waals surface area contributed by atoms with Crippen molar-refractivity contribution in [2.45, 2.75) is 25.0 Å². The summed E-state index contributed by atoms with van der Waals surface area (Å²) >= 11 is 0. The van der Waals surface area contributed by atoms with E-state index in [9.17, 15) is 18.9 Å². The van der Waals surface area contributed by atoms with Crippen molar-refractivity contribution in [1.29, 1.82) is 0 Å². The molecule has 0 radical (unpaired) electrons. The minimum absolute atomic E-state index is 0.0499. The van der Waals surface area contributed by atoms with Crippen LogP contribution in [0.2, 0.25) is 0 Å². The van der Waals surface area contributed by atoms with Crippen LogP contribution in [0, 0.1) is 21.7 Å². The lowest BCUT2D eigenvalue weighted by molar-refractivity contribution is -0.384. The smallest absolute Gasteiger partial charge is 0.270 e. The van der Waals surface area contributed by atoms with Gasteiger partial charge in [-0.05, 0) is 60.9 Å². The van der Waals surface area contributed by atoms with Crippen molar-refractivity contribution in [3.05, 3.63) is 117 Å². The maximum Gasteiger partial charge on any atom is 0.270 e. The van der Waals surface area contributed by atoms with E-state index in [1.165, 1.54) is 36.4 Å². The summed E-state index contributed by atoms with van der Waals surface area (Å²) in [6.07, 6.45) is 3.67. The molecule has 1 saturated heterocycles. The van der Waals surface area contributed by atoms with Crippen LogP contribution in [0.5, 0.6) is 0 Å². The van der Waals surface area contributed by atoms with Crippen molar-refractivity contribution >= 4 is 11.4 Å². The number of nitrogens with one attached hydrogen (secondary N) is 1. The van der Waals surface area contributed by atoms with Gasteiger partial charge < -0.3 is 4.90 Å². The average Bonchev–Trinajstić information content (AvgIpc) is 3.41. The monoisotopic (exact) mass is 520 g/mol. The van der Waals surface area contributed by atoms with E-state index < -0.39 is 4.92 Å². The zero-order valence-electron chi connectivity index (χ0n) is 20.9. The Kier molecular flexibility index (Phi) is 8.07. The molecule has 0 bridgehead atoms. The highest BCUT2D eigenvalue weighted by Gasteiger charge is 2.27. The summed E-state index contributed by atoms with van der Waals surface area (Å²) in [7, 11) is 0. The number of hydrogen-bond acceptors (Lipinski definition) is 6. The SMILES string of the molecule is O=[N+]([O-])c1cccc(C2=CC(CCCN3CCN(C(c4ccc(F)cc4)c4ccc(F)cc4)CC3)ON2)c1. The Hall–Kier alpha value is -3.66. The number of hydrogen-bond donors (Lipinski definition) is 1. The molecule has 0 aliphatic carbocycles. The molecule has 1 N–H and O–H groups in total. The van der Waals surface area contributed by atoms with Crippen LogP contribution in [0.15, 0.2) is 78.9 Å². The minimum atomic E-state index is -0.404. The van der Waals surface area contributed by atoms with Crippen LogP contribution in [0.4, 0.5) is 14.5 Å². The fourth-order valence-corrected chi connectivity index (χ4v) is 5.14. The molecule has 1 atom stereocenters. The molecule has 38 heavy (non-hydrogen) atoms. The highest BCUT2D eigenvalue weighted by molar-refractivity contribution is 5.66. The Morgan fingerprint density at radius 2 is 1.58 bits per heavy atom. The molecule has 198 valence electrons. The van der Waals surface area contributed by atoms with Gasteiger partial charge in [0.05, 0.1) is 16.7 Å². The second kappa shape index (κ2) is 11.8. The number of nitrogens with zero attached hydrogens (tertiary/aromatic N) is 3. The molecule has 3 aromatic carbocycles. The molecule has 9 heteroatoms. The first kappa shape index (κ1) is 26.0. The molecule has 3 aromatic rings. The lowest BCUT2D eigenvalue weighted by atomic mass is 9.96. The third kappa shape index (κ3) is 6.24. The standard InChI is InChI=1S/C29H30F2N4O3/c30-24-10-6-21(7-11-24)29(22-8-12-25(31)13-9-22)34-17-15-33(16-18-34)14-2-5-27-20-28(32-38-27)23-3-1-4-26(19-23)35(36)37/h1,3-4,6-13,19-20,27,29,32H,2,5,14-18H2. The summed E-state index contributed by atoms with van der Waals surface area (Å²) in [5.74, 6) is -0.546. The van der Waals surface area contributed by atoms with Gasteiger partial charge in [-0.3, -0.25) is 25.3 Å². The van der Waals surface area contributed by atoms with E-state index in [1.807, 2.05) is 12.1 Å². The van der Waals surface area contributed by atoms with Crippen molar-refractivity contribution in [1.82, 2.24) is 15.3 Å². The van der Waals surface area contributed by atoms with Gasteiger partial charge in [-0.25, -0.2) is 8.78 Å². The number of hydroxylamine groups is 1. The zero-order chi connectivity index (χ0) is 26.5. The van der Waals surface area contributed by atoms with E-state index >= 15 is 0 Å². The second-order valence-electron chi connectivity index (χ2n) is 9.67. The van der Waals surface area contributed by atoms with Crippen molar-refractivity contribution < 1.29 is 18.5 Å². The zero-order valence-corrected chi connectivity index (χ0v) is 20.9. The van der Waals surface area contributed by atoms with Gasteiger partial charge in [0.1, 0.15) is 17.7 Å². The normalized spacial score (nSPS) is 18.4. The first-order chi connectivity index (χ1) is 18.5. The van der Waals surface area contributed by atoms with Crippen molar-refractivity contribution in [2.24, 2.45) is 0 Å². The number of halogens is 2. The lowest BCUT2D eigenvalue weighted by Crippen LogP contribution is -2.48. The van der Waals surface area contributed by atoms with Crippen molar-refractivity contribution in [3.63, 3.8) is 0 Å². The summed E-state index contributed by atoms with van der Waals surface area (Å²) in [6.45, 7) is 4.43. The van der Waals surface area contributed by atoms with Gasteiger partial charge in [0.25, 0.3) is 5.69 Å². The predicted molar refractivity (Wildman–Crippen MR) is 141 cm³/mol. The number of non-ortho nitro benzene ring substituents is 1. The van der Waals surface area contributed by atoms with Gasteiger partial charge >= 0.3 is 0 Å². The van der Waals surface area contributed by atoms with Gasteiger partial charge in [0.15, 0.2) is 0 Å². The van der Waals surface area contributed by atoms with Crippen LogP contribution < -0.4 is 5.48 Å². The van der Waals surface area contributed by atoms with E-state index in [-0.39, 0.29) is 29.5 Å². The summed E-state index contributed by atoms with van der Waals surface area (Å²) in [4.78, 5) is 21.1. The molecule has 0 aromatic heterocycles. The van der Waals surface area contributed by atoms with Crippen LogP contribution >= 0.6 is 0 Å². The number of nitro groups is 1. The van der Waals surface area contributed by atoms with Gasteiger partial charge in [-0.1, -0.05) is 36.4 Å². The molecule has 2 aliphatic heterocycles. The Morgan fingerprint density at radius 1 is 0.947 bits per heavy atom. The molecule has 0 amide bonds. The van der Waals surface area contributed by atoms with Gasteiger partial charge in [0, 0.05) is 43.9 Å². The molecule has 2 heterocycles. The molecular formula is C29H30F2N4O3. The van der Waals surface area contributed by atoms with E-state index in [0.717, 1.165) is 68.0 Å². The van der Waals surface area contributed by atoms with Crippen LogP contribution in [0.3, 0.4) is 0 Å². The fourth-order valence-electron chi connectivity index (χ4n) is 5.14. The summed E-state index contributed by atoms with van der Waals surface area (Å²) in [5, 5.41) is 11.0. The summed E-state index contributed by atoms with van der Waals surface area (Å²) < 4.78 is 27.1. The van der Waals surface area contributed by atoms with E-state index in [4.69, 9.17) is 4.84 Å². The van der Waals surface area contributed by atoms with Gasteiger partial charge in [-0.15, -0.1) is 0 Å². The number of piperazine rings is 1. The largest absolute Gasteiger partial charge is 0.301 e. The quantitative estimate of drug-likeness (QED) is 0.305. The Morgan fingerprint density at radius 3 is 2.18 bits per heavy atom. The van der Waals surface area contributed by atoms with Crippen LogP contribution in [0.25, 0.3) is 5.70 Å². The topological polar surface area (TPSA) is 70.9 Å². The van der Waals surface area contributed by atoms with Gasteiger partial charge in [0.2, 0.25) is 0 Å². The van der Waals surface area contributed by atoms with E-state index in [2.05, 4.69) is 15.3 Å². The Balaban J connectivity index is 1.14. The van der Waals surface area contributed by atoms with Crippen LogP contribution in [0.1, 0.15) is 35.6 Å². The number of rotatable bonds is 9. The maximum absolute atomic E-state index is 13.6. The first-order valence-electron chi connectivity index (χ1n) is 12.8. The predicted octanol–water partition coefficient (Wildman–Crippen LogP) is 5.30. The van der Waals surface area contributed by atoms with E-state index in [1.54, 1.807) is 30.3 Å². The molecule has 5 rings (SSSR count). The molecule has 2 aliphatic rings. The molecule has 0 saturated carbocycles. The average molecular weight is 521 g/mol. The number of nitro benzene ring substituents is 1. The Labute approximate surface area is 220 Å². The Bertz CT molecular complexity index is 1230. The van der Waals surface area contributed by atoms with E-state index in [0.29, 0.717) is 0 Å². The molecular weight excluding hydrogens is 490 g/mol. The van der Waals surface area contributed by atoms with Crippen LogP contribution in [-0.2, 0) is 4.84 Å². The number of benzene rings is 3. The minimum Gasteiger partial charge on any atom is -0.301 e. The molecule has 1 fully saturated rings. The second-order valence-corrected chi connectivity index (χ2v) is 9.67. The van der Waals surface area contributed by atoms with Crippen molar-refractivity contribution in [3.8, 4) is 0 Å². The summed E-state index contributed by atoms with van der Waals surface area (Å²) in [5.41, 5.74) is 6.42. The highest BCUT2D eigenvalue weighted by Crippen LogP contribution is 2.30. The lowest BCUT2D eigenvalue weighted by Gasteiger charge is -2.40. The summed E-state index contributed by atoms with van der Waals surface area (Å²) in [6, 6.07) is 19.6. The molecule has 7 nitrogen and oxygen atoms in total. The third-order valence-corrected chi connectivity index (χ3v) is 7.15. The first-order valence-corrected chi connectivity index (χ1v) is 12.8. The highest BCUT2D eigenvalue weighted by atomic mass is 19.1. The third-order valence-electron chi connectivity index (χ3n) is 7.15. The fraction of sp³-hybridized carbons (Fsp3) is 0.310. The van der Waals surface area contributed by atoms with Gasteiger partial charge in [-0.2, -0.15) is 0 Å². The molecule has 1 unspecified atom stereocenters. The van der Waals surface area contributed by atoms with Crippen LogP contribution in [-0.4, -0.2) is 53.6 Å².